The molecule has 0 aromatic heterocycles. The number of carbonyl (C=O) groups excluding carboxylic acids is 1. The second-order valence-electron chi connectivity index (χ2n) is 6.28. The molecule has 0 saturated heterocycles. The Morgan fingerprint density at radius 3 is 2.44 bits per heavy atom. The molecule has 144 valence electrons. The summed E-state index contributed by atoms with van der Waals surface area (Å²) in [5, 5.41) is 8.81. The van der Waals surface area contributed by atoms with Gasteiger partial charge in [0.2, 0.25) is 0 Å². The first-order valence-corrected chi connectivity index (χ1v) is 11.5. The van der Waals surface area contributed by atoms with E-state index in [9.17, 15) is 21.6 Å². The summed E-state index contributed by atoms with van der Waals surface area (Å²) in [5.74, 6) is -0.800. The van der Waals surface area contributed by atoms with E-state index in [4.69, 9.17) is 5.21 Å². The fourth-order valence-corrected chi connectivity index (χ4v) is 5.01. The first-order valence-electron chi connectivity index (χ1n) is 7.97. The van der Waals surface area contributed by atoms with Crippen LogP contribution in [0.1, 0.15) is 15.9 Å². The molecule has 0 saturated carbocycles. The van der Waals surface area contributed by atoms with Gasteiger partial charge in [0.05, 0.1) is 21.2 Å². The number of carbonyl (C=O) groups is 1. The minimum absolute atomic E-state index is 0.0625. The van der Waals surface area contributed by atoms with Crippen molar-refractivity contribution < 1.29 is 26.8 Å². The molecule has 1 aliphatic heterocycles. The summed E-state index contributed by atoms with van der Waals surface area (Å²) in [4.78, 5) is 13.8. The highest BCUT2D eigenvalue weighted by Crippen LogP contribution is 2.32. The van der Waals surface area contributed by atoms with Crippen molar-refractivity contribution in [2.75, 3.05) is 23.5 Å². The van der Waals surface area contributed by atoms with Crippen molar-refractivity contribution in [3.63, 3.8) is 0 Å². The van der Waals surface area contributed by atoms with Crippen LogP contribution in [0, 0.1) is 0 Å². The zero-order valence-corrected chi connectivity index (χ0v) is 16.0. The Hall–Kier alpha value is -2.43. The number of amides is 1. The summed E-state index contributed by atoms with van der Waals surface area (Å²) < 4.78 is 47.8. The number of benzene rings is 2. The maximum absolute atomic E-state index is 12.3. The largest absolute Gasteiger partial charge is 0.365 e. The molecular formula is C17H18N2O6S2. The number of nitrogens with zero attached hydrogens (tertiary/aromatic N) is 1. The first-order chi connectivity index (χ1) is 12.6. The third-order valence-electron chi connectivity index (χ3n) is 4.35. The molecule has 2 aromatic carbocycles. The monoisotopic (exact) mass is 410 g/mol. The number of fused-ring (bicyclic) bond motifs is 1. The predicted octanol–water partition coefficient (Wildman–Crippen LogP) is 1.00. The molecule has 27 heavy (non-hydrogen) atoms. The second kappa shape index (κ2) is 6.95. The molecule has 10 heteroatoms. The molecule has 1 amide bonds. The SMILES string of the molecule is CS(=O)(=O)c1ccc(CN2CCS(=O)(=O)c3ccc(C(=O)NO)cc32)cc1. The Balaban J connectivity index is 1.97. The van der Waals surface area contributed by atoms with Crippen LogP contribution in [-0.4, -0.2) is 46.5 Å². The molecular weight excluding hydrogens is 392 g/mol. The molecule has 3 rings (SSSR count). The number of hydrogen-bond acceptors (Lipinski definition) is 7. The summed E-state index contributed by atoms with van der Waals surface area (Å²) in [6, 6.07) is 10.5. The Labute approximate surface area is 157 Å². The maximum Gasteiger partial charge on any atom is 0.274 e. The fourth-order valence-electron chi connectivity index (χ4n) is 2.92. The van der Waals surface area contributed by atoms with Crippen LogP contribution in [0.15, 0.2) is 52.3 Å². The van der Waals surface area contributed by atoms with Gasteiger partial charge in [-0.05, 0) is 35.9 Å². The van der Waals surface area contributed by atoms with Crippen LogP contribution in [0.5, 0.6) is 0 Å². The number of hydroxylamine groups is 1. The number of sulfone groups is 2. The quantitative estimate of drug-likeness (QED) is 0.570. The number of anilines is 1. The van der Waals surface area contributed by atoms with E-state index >= 15 is 0 Å². The van der Waals surface area contributed by atoms with E-state index in [2.05, 4.69) is 0 Å². The summed E-state index contributed by atoms with van der Waals surface area (Å²) in [6.07, 6.45) is 1.13. The lowest BCUT2D eigenvalue weighted by atomic mass is 10.1. The highest BCUT2D eigenvalue weighted by Gasteiger charge is 2.29. The smallest absolute Gasteiger partial charge is 0.274 e. The standard InChI is InChI=1S/C17H18N2O6S2/c1-26(22,23)14-5-2-12(3-6-14)11-19-8-9-27(24,25)16-7-4-13(10-15(16)19)17(20)18-21/h2-7,10,21H,8-9,11H2,1H3,(H,18,20). The van der Waals surface area contributed by atoms with Gasteiger partial charge < -0.3 is 4.90 Å². The van der Waals surface area contributed by atoms with Crippen molar-refractivity contribution >= 4 is 31.3 Å². The van der Waals surface area contributed by atoms with Gasteiger partial charge in [-0.3, -0.25) is 10.0 Å². The number of rotatable bonds is 4. The van der Waals surface area contributed by atoms with E-state index < -0.39 is 25.6 Å². The lowest BCUT2D eigenvalue weighted by molar-refractivity contribution is 0.0706. The van der Waals surface area contributed by atoms with Crippen LogP contribution in [0.25, 0.3) is 0 Å². The van der Waals surface area contributed by atoms with Crippen molar-refractivity contribution in [3.05, 3.63) is 53.6 Å². The highest BCUT2D eigenvalue weighted by molar-refractivity contribution is 7.91. The molecule has 0 aliphatic carbocycles. The Morgan fingerprint density at radius 1 is 1.19 bits per heavy atom. The van der Waals surface area contributed by atoms with Crippen LogP contribution in [0.2, 0.25) is 0 Å². The molecule has 8 nitrogen and oxygen atoms in total. The van der Waals surface area contributed by atoms with E-state index in [1.165, 1.54) is 35.8 Å². The average molecular weight is 410 g/mol. The maximum atomic E-state index is 12.3. The fraction of sp³-hybridized carbons (Fsp3) is 0.235. The average Bonchev–Trinajstić information content (AvgIpc) is 2.63. The molecule has 0 bridgehead atoms. The molecule has 0 unspecified atom stereocenters. The van der Waals surface area contributed by atoms with E-state index in [1.54, 1.807) is 17.0 Å². The molecule has 2 N–H and O–H groups in total. The van der Waals surface area contributed by atoms with Crippen LogP contribution in [0.3, 0.4) is 0 Å². The Morgan fingerprint density at radius 2 is 1.85 bits per heavy atom. The zero-order valence-electron chi connectivity index (χ0n) is 14.4. The van der Waals surface area contributed by atoms with Gasteiger partial charge in [0, 0.05) is 24.9 Å². The second-order valence-corrected chi connectivity index (χ2v) is 10.4. The molecule has 0 spiro atoms. The zero-order chi connectivity index (χ0) is 19.8. The van der Waals surface area contributed by atoms with Gasteiger partial charge in [-0.15, -0.1) is 0 Å². The molecule has 2 aromatic rings. The Kier molecular flexibility index (Phi) is 4.98. The van der Waals surface area contributed by atoms with Gasteiger partial charge in [0.15, 0.2) is 19.7 Å². The molecule has 0 atom stereocenters. The van der Waals surface area contributed by atoms with Crippen molar-refractivity contribution in [1.29, 1.82) is 0 Å². The summed E-state index contributed by atoms with van der Waals surface area (Å²) >= 11 is 0. The normalized spacial score (nSPS) is 15.9. The van der Waals surface area contributed by atoms with Gasteiger partial charge in [-0.1, -0.05) is 12.1 Å². The third-order valence-corrected chi connectivity index (χ3v) is 7.22. The van der Waals surface area contributed by atoms with E-state index in [0.717, 1.165) is 11.8 Å². The van der Waals surface area contributed by atoms with Crippen LogP contribution < -0.4 is 10.4 Å². The van der Waals surface area contributed by atoms with E-state index in [0.29, 0.717) is 12.2 Å². The number of nitrogens with one attached hydrogen (secondary N) is 1. The lowest BCUT2D eigenvalue weighted by Crippen LogP contribution is -2.35. The third kappa shape index (κ3) is 3.97. The number of hydrogen-bond donors (Lipinski definition) is 2. The van der Waals surface area contributed by atoms with Crippen molar-refractivity contribution in [2.24, 2.45) is 0 Å². The van der Waals surface area contributed by atoms with Crippen LogP contribution in [0.4, 0.5) is 5.69 Å². The summed E-state index contributed by atoms with van der Waals surface area (Å²) in [6.45, 7) is 0.574. The summed E-state index contributed by atoms with van der Waals surface area (Å²) in [5.41, 5.74) is 2.83. The van der Waals surface area contributed by atoms with Crippen LogP contribution >= 0.6 is 0 Å². The first kappa shape index (κ1) is 19.3. The van der Waals surface area contributed by atoms with E-state index in [-0.39, 0.29) is 27.7 Å². The predicted molar refractivity (Wildman–Crippen MR) is 98.3 cm³/mol. The van der Waals surface area contributed by atoms with E-state index in [1.807, 2.05) is 0 Å². The van der Waals surface area contributed by atoms with Gasteiger partial charge in [-0.2, -0.15) is 0 Å². The van der Waals surface area contributed by atoms with Gasteiger partial charge in [-0.25, -0.2) is 22.3 Å². The Bertz CT molecular complexity index is 1090. The van der Waals surface area contributed by atoms with Crippen molar-refractivity contribution in [2.45, 2.75) is 16.3 Å². The van der Waals surface area contributed by atoms with Gasteiger partial charge in [0.1, 0.15) is 0 Å². The molecule has 1 heterocycles. The van der Waals surface area contributed by atoms with Crippen LogP contribution in [-0.2, 0) is 26.2 Å². The minimum Gasteiger partial charge on any atom is -0.365 e. The molecule has 1 aliphatic rings. The molecule has 0 fully saturated rings. The highest BCUT2D eigenvalue weighted by atomic mass is 32.2. The molecule has 0 radical (unpaired) electrons. The van der Waals surface area contributed by atoms with Crippen molar-refractivity contribution in [3.8, 4) is 0 Å². The lowest BCUT2D eigenvalue weighted by Gasteiger charge is -2.31. The van der Waals surface area contributed by atoms with Gasteiger partial charge in [0.25, 0.3) is 5.91 Å². The van der Waals surface area contributed by atoms with Crippen molar-refractivity contribution in [1.82, 2.24) is 5.48 Å². The topological polar surface area (TPSA) is 121 Å². The van der Waals surface area contributed by atoms with Gasteiger partial charge >= 0.3 is 0 Å². The summed E-state index contributed by atoms with van der Waals surface area (Å²) in [7, 11) is -6.75. The minimum atomic E-state index is -3.46.